The second-order valence-electron chi connectivity index (χ2n) is 8.28. The van der Waals surface area contributed by atoms with Crippen LogP contribution in [0.5, 0.6) is 0 Å². The Morgan fingerprint density at radius 2 is 1.62 bits per heavy atom. The lowest BCUT2D eigenvalue weighted by molar-refractivity contribution is -0.137. The molecule has 1 aliphatic rings. The van der Waals surface area contributed by atoms with Gasteiger partial charge in [0.15, 0.2) is 5.43 Å². The Hall–Kier alpha value is -3.58. The lowest BCUT2D eigenvalue weighted by Crippen LogP contribution is -2.29. The van der Waals surface area contributed by atoms with E-state index < -0.39 is 29.1 Å². The molecule has 0 saturated heterocycles. The third-order valence-corrected chi connectivity index (χ3v) is 6.38. The van der Waals surface area contributed by atoms with E-state index in [1.807, 2.05) is 13.8 Å². The summed E-state index contributed by atoms with van der Waals surface area (Å²) in [4.78, 5) is 28.4. The first-order valence-corrected chi connectivity index (χ1v) is 10.8. The Morgan fingerprint density at radius 3 is 2.29 bits per heavy atom. The number of amides is 1. The molecule has 2 heterocycles. The zero-order valence-electron chi connectivity index (χ0n) is 18.0. The molecule has 0 radical (unpaired) electrons. The van der Waals surface area contributed by atoms with Crippen LogP contribution in [0.15, 0.2) is 69.9 Å². The molecule has 34 heavy (non-hydrogen) atoms. The van der Waals surface area contributed by atoms with Gasteiger partial charge in [0.1, 0.15) is 5.58 Å². The highest BCUT2D eigenvalue weighted by Crippen LogP contribution is 2.43. The molecule has 0 saturated carbocycles. The molecular formula is C26H17ClF3NO3. The van der Waals surface area contributed by atoms with E-state index >= 15 is 0 Å². The van der Waals surface area contributed by atoms with E-state index in [-0.39, 0.29) is 22.6 Å². The van der Waals surface area contributed by atoms with Crippen molar-refractivity contribution in [1.29, 1.82) is 0 Å². The normalized spacial score (nSPS) is 15.8. The highest BCUT2D eigenvalue weighted by Gasteiger charge is 2.44. The maximum Gasteiger partial charge on any atom is 0.416 e. The van der Waals surface area contributed by atoms with E-state index in [0.29, 0.717) is 16.0 Å². The predicted molar refractivity (Wildman–Crippen MR) is 124 cm³/mol. The summed E-state index contributed by atoms with van der Waals surface area (Å²) in [7, 11) is 0. The number of carbonyl (C=O) groups excluding carboxylic acids is 1. The molecule has 0 fully saturated rings. The molecule has 0 bridgehead atoms. The van der Waals surface area contributed by atoms with Gasteiger partial charge in [-0.1, -0.05) is 29.8 Å². The summed E-state index contributed by atoms with van der Waals surface area (Å²) in [5.41, 5.74) is 1.31. The van der Waals surface area contributed by atoms with Gasteiger partial charge in [-0.05, 0) is 73.0 Å². The third kappa shape index (κ3) is 3.47. The second-order valence-corrected chi connectivity index (χ2v) is 8.72. The first-order chi connectivity index (χ1) is 16.1. The number of halogens is 4. The number of fused-ring (bicyclic) bond motifs is 2. The van der Waals surface area contributed by atoms with Crippen molar-refractivity contribution in [3.05, 3.63) is 109 Å². The SMILES string of the molecule is Cc1cc2oc3c(c(=O)c2cc1C)C(c1ccc(Cl)cc1)N(c1cccc(C(F)(F)F)c1)C3=O. The molecule has 0 spiro atoms. The molecule has 4 nitrogen and oxygen atoms in total. The van der Waals surface area contributed by atoms with Crippen LogP contribution in [0.4, 0.5) is 18.9 Å². The van der Waals surface area contributed by atoms with Gasteiger partial charge in [0.05, 0.1) is 22.6 Å². The van der Waals surface area contributed by atoms with Gasteiger partial charge >= 0.3 is 6.18 Å². The van der Waals surface area contributed by atoms with E-state index in [2.05, 4.69) is 0 Å². The fourth-order valence-corrected chi connectivity index (χ4v) is 4.41. The number of alkyl halides is 3. The van der Waals surface area contributed by atoms with E-state index in [4.69, 9.17) is 16.0 Å². The van der Waals surface area contributed by atoms with Crippen LogP contribution in [0.3, 0.4) is 0 Å². The van der Waals surface area contributed by atoms with Crippen LogP contribution in [0, 0.1) is 13.8 Å². The van der Waals surface area contributed by atoms with Crippen LogP contribution in [0.1, 0.15) is 44.4 Å². The summed E-state index contributed by atoms with van der Waals surface area (Å²) in [5.74, 6) is -0.871. The minimum atomic E-state index is -4.60. The molecular weight excluding hydrogens is 467 g/mol. The summed E-state index contributed by atoms with van der Waals surface area (Å²) in [6.45, 7) is 3.72. The topological polar surface area (TPSA) is 50.5 Å². The van der Waals surface area contributed by atoms with Crippen LogP contribution in [0.25, 0.3) is 11.0 Å². The zero-order valence-corrected chi connectivity index (χ0v) is 18.8. The number of hydrogen-bond donors (Lipinski definition) is 0. The molecule has 1 aromatic heterocycles. The third-order valence-electron chi connectivity index (χ3n) is 6.12. The van der Waals surface area contributed by atoms with Crippen molar-refractivity contribution in [3.63, 3.8) is 0 Å². The van der Waals surface area contributed by atoms with Crippen LogP contribution in [-0.4, -0.2) is 5.91 Å². The minimum Gasteiger partial charge on any atom is -0.450 e. The Balaban J connectivity index is 1.80. The summed E-state index contributed by atoms with van der Waals surface area (Å²) in [6.07, 6.45) is -4.60. The van der Waals surface area contributed by atoms with E-state index in [1.54, 1.807) is 36.4 Å². The summed E-state index contributed by atoms with van der Waals surface area (Å²) in [6, 6.07) is 13.3. The molecule has 1 unspecified atom stereocenters. The number of aryl methyl sites for hydroxylation is 2. The molecule has 1 atom stereocenters. The summed E-state index contributed by atoms with van der Waals surface area (Å²) < 4.78 is 46.2. The van der Waals surface area contributed by atoms with Crippen LogP contribution in [0.2, 0.25) is 5.02 Å². The average Bonchev–Trinajstić information content (AvgIpc) is 3.08. The molecule has 1 amide bonds. The number of benzene rings is 3. The predicted octanol–water partition coefficient (Wildman–Crippen LogP) is 6.83. The summed E-state index contributed by atoms with van der Waals surface area (Å²) >= 11 is 6.03. The van der Waals surface area contributed by atoms with Gasteiger partial charge in [-0.25, -0.2) is 0 Å². The number of rotatable bonds is 2. The van der Waals surface area contributed by atoms with Crippen molar-refractivity contribution in [2.24, 2.45) is 0 Å². The first-order valence-electron chi connectivity index (χ1n) is 10.4. The Labute approximate surface area is 197 Å². The smallest absolute Gasteiger partial charge is 0.416 e. The molecule has 0 N–H and O–H groups in total. The van der Waals surface area contributed by atoms with Crippen LogP contribution >= 0.6 is 11.6 Å². The van der Waals surface area contributed by atoms with Crippen LogP contribution in [-0.2, 0) is 6.18 Å². The maximum atomic E-state index is 13.6. The van der Waals surface area contributed by atoms with Gasteiger partial charge in [0.2, 0.25) is 5.76 Å². The standard InChI is InChI=1S/C26H17ClF3NO3/c1-13-10-19-20(11-14(13)2)34-24-21(23(19)32)22(15-6-8-17(27)9-7-15)31(25(24)33)18-5-3-4-16(12-18)26(28,29)30/h3-12,22H,1-2H3. The van der Waals surface area contributed by atoms with E-state index in [0.717, 1.165) is 23.3 Å². The lowest BCUT2D eigenvalue weighted by Gasteiger charge is -2.26. The van der Waals surface area contributed by atoms with E-state index in [9.17, 15) is 22.8 Å². The number of hydrogen-bond acceptors (Lipinski definition) is 3. The van der Waals surface area contributed by atoms with Gasteiger partial charge < -0.3 is 4.42 Å². The van der Waals surface area contributed by atoms with Crippen molar-refractivity contribution < 1.29 is 22.4 Å². The van der Waals surface area contributed by atoms with Gasteiger partial charge in [-0.2, -0.15) is 13.2 Å². The monoisotopic (exact) mass is 483 g/mol. The number of carbonyl (C=O) groups is 1. The molecule has 3 aromatic carbocycles. The van der Waals surface area contributed by atoms with Crippen molar-refractivity contribution >= 4 is 34.2 Å². The Kier molecular flexibility index (Phi) is 5.06. The zero-order chi connectivity index (χ0) is 24.4. The van der Waals surface area contributed by atoms with Crippen molar-refractivity contribution in [2.75, 3.05) is 4.90 Å². The highest BCUT2D eigenvalue weighted by atomic mass is 35.5. The Bertz CT molecular complexity index is 1520. The van der Waals surface area contributed by atoms with Crippen molar-refractivity contribution in [1.82, 2.24) is 0 Å². The number of nitrogens with zero attached hydrogens (tertiary/aromatic N) is 1. The molecule has 1 aliphatic heterocycles. The maximum absolute atomic E-state index is 13.6. The average molecular weight is 484 g/mol. The summed E-state index contributed by atoms with van der Waals surface area (Å²) in [5, 5.41) is 0.745. The van der Waals surface area contributed by atoms with Crippen molar-refractivity contribution in [3.8, 4) is 0 Å². The van der Waals surface area contributed by atoms with Crippen molar-refractivity contribution in [2.45, 2.75) is 26.1 Å². The molecule has 4 aromatic rings. The second kappa shape index (κ2) is 7.74. The van der Waals surface area contributed by atoms with Gasteiger partial charge in [-0.3, -0.25) is 14.5 Å². The lowest BCUT2D eigenvalue weighted by atomic mass is 9.97. The quantitative estimate of drug-likeness (QED) is 0.314. The largest absolute Gasteiger partial charge is 0.450 e. The molecule has 5 rings (SSSR count). The molecule has 8 heteroatoms. The molecule has 172 valence electrons. The minimum absolute atomic E-state index is 0.00184. The fourth-order valence-electron chi connectivity index (χ4n) is 4.29. The van der Waals surface area contributed by atoms with Crippen LogP contribution < -0.4 is 10.3 Å². The number of anilines is 1. The van der Waals surface area contributed by atoms with Gasteiger partial charge in [0.25, 0.3) is 5.91 Å². The first kappa shape index (κ1) is 22.2. The van der Waals surface area contributed by atoms with Gasteiger partial charge in [-0.15, -0.1) is 0 Å². The fraction of sp³-hybridized carbons (Fsp3) is 0.154. The molecule has 0 aliphatic carbocycles. The Morgan fingerprint density at radius 1 is 0.941 bits per heavy atom. The van der Waals surface area contributed by atoms with E-state index in [1.165, 1.54) is 17.0 Å². The van der Waals surface area contributed by atoms with Gasteiger partial charge in [0, 0.05) is 10.7 Å². The highest BCUT2D eigenvalue weighted by molar-refractivity contribution is 6.30.